The minimum absolute atomic E-state index is 0.337. The highest BCUT2D eigenvalue weighted by Crippen LogP contribution is 2.29. The molecule has 0 atom stereocenters. The van der Waals surface area contributed by atoms with Crippen LogP contribution in [0, 0.1) is 0 Å². The second kappa shape index (κ2) is 7.04. The van der Waals surface area contributed by atoms with Gasteiger partial charge < -0.3 is 14.6 Å². The lowest BCUT2D eigenvalue weighted by Gasteiger charge is -2.11. The van der Waals surface area contributed by atoms with E-state index in [1.165, 1.54) is 28.9 Å². The first-order chi connectivity index (χ1) is 12.4. The van der Waals surface area contributed by atoms with E-state index in [0.717, 1.165) is 5.56 Å². The molecule has 2 aromatic carbocycles. The SMILES string of the molecule is COc1ccc(-c2c(CO)nnn2-c2ccc(OC(F)(F)F)cc2)cc1. The standard InChI is InChI=1S/C17H14F3N3O3/c1-25-13-6-2-11(3-7-13)16-15(10-24)21-22-23(16)12-4-8-14(9-5-12)26-17(18,19)20/h2-9,24H,10H2,1H3. The average Bonchev–Trinajstić information content (AvgIpc) is 3.05. The van der Waals surface area contributed by atoms with Gasteiger partial charge in [-0.3, -0.25) is 0 Å². The lowest BCUT2D eigenvalue weighted by molar-refractivity contribution is -0.274. The van der Waals surface area contributed by atoms with Crippen LogP contribution in [-0.2, 0) is 6.61 Å². The fourth-order valence-electron chi connectivity index (χ4n) is 2.43. The first kappa shape index (κ1) is 17.7. The van der Waals surface area contributed by atoms with Gasteiger partial charge in [0, 0.05) is 5.56 Å². The fraction of sp³-hybridized carbons (Fsp3) is 0.176. The number of ether oxygens (including phenoxy) is 2. The maximum atomic E-state index is 12.3. The molecule has 0 radical (unpaired) electrons. The molecule has 0 aliphatic carbocycles. The number of aromatic nitrogens is 3. The highest BCUT2D eigenvalue weighted by molar-refractivity contribution is 5.65. The number of benzene rings is 2. The van der Waals surface area contributed by atoms with Gasteiger partial charge in [0.1, 0.15) is 22.9 Å². The van der Waals surface area contributed by atoms with E-state index in [2.05, 4.69) is 15.0 Å². The summed E-state index contributed by atoms with van der Waals surface area (Å²) in [6.45, 7) is -0.337. The summed E-state index contributed by atoms with van der Waals surface area (Å²) in [6, 6.07) is 12.2. The van der Waals surface area contributed by atoms with Crippen molar-refractivity contribution in [1.82, 2.24) is 15.0 Å². The van der Waals surface area contributed by atoms with Crippen LogP contribution in [0.25, 0.3) is 16.9 Å². The molecule has 1 N–H and O–H groups in total. The molecule has 26 heavy (non-hydrogen) atoms. The summed E-state index contributed by atoms with van der Waals surface area (Å²) < 4.78 is 47.2. The Morgan fingerprint density at radius 2 is 1.62 bits per heavy atom. The lowest BCUT2D eigenvalue weighted by Crippen LogP contribution is -2.17. The van der Waals surface area contributed by atoms with Crippen LogP contribution < -0.4 is 9.47 Å². The molecule has 6 nitrogen and oxygen atoms in total. The van der Waals surface area contributed by atoms with Gasteiger partial charge in [-0.1, -0.05) is 5.21 Å². The molecule has 0 spiro atoms. The molecular formula is C17H14F3N3O3. The third-order valence-corrected chi connectivity index (χ3v) is 3.57. The van der Waals surface area contributed by atoms with Crippen molar-refractivity contribution in [1.29, 1.82) is 0 Å². The Morgan fingerprint density at radius 3 is 2.15 bits per heavy atom. The molecule has 0 fully saturated rings. The summed E-state index contributed by atoms with van der Waals surface area (Å²) in [6.07, 6.45) is -4.76. The number of rotatable bonds is 5. The summed E-state index contributed by atoms with van der Waals surface area (Å²) >= 11 is 0. The summed E-state index contributed by atoms with van der Waals surface area (Å²) in [5.74, 6) is 0.321. The van der Waals surface area contributed by atoms with Crippen molar-refractivity contribution in [2.24, 2.45) is 0 Å². The van der Waals surface area contributed by atoms with Crippen molar-refractivity contribution in [3.8, 4) is 28.4 Å². The van der Waals surface area contributed by atoms with Crippen LogP contribution >= 0.6 is 0 Å². The van der Waals surface area contributed by atoms with Crippen LogP contribution in [0.1, 0.15) is 5.69 Å². The van der Waals surface area contributed by atoms with E-state index < -0.39 is 6.36 Å². The molecule has 1 heterocycles. The monoisotopic (exact) mass is 365 g/mol. The number of hydrogen-bond donors (Lipinski definition) is 1. The van der Waals surface area contributed by atoms with E-state index in [9.17, 15) is 18.3 Å². The molecule has 0 saturated heterocycles. The smallest absolute Gasteiger partial charge is 0.497 e. The van der Waals surface area contributed by atoms with E-state index in [-0.39, 0.29) is 12.4 Å². The molecule has 3 aromatic rings. The summed E-state index contributed by atoms with van der Waals surface area (Å²) in [5, 5.41) is 17.5. The Balaban J connectivity index is 1.99. The predicted octanol–water partition coefficient (Wildman–Crippen LogP) is 3.33. The van der Waals surface area contributed by atoms with Crippen molar-refractivity contribution >= 4 is 0 Å². The zero-order chi connectivity index (χ0) is 18.7. The first-order valence-electron chi connectivity index (χ1n) is 7.47. The topological polar surface area (TPSA) is 69.4 Å². The largest absolute Gasteiger partial charge is 0.573 e. The number of alkyl halides is 3. The van der Waals surface area contributed by atoms with E-state index in [4.69, 9.17) is 4.74 Å². The normalized spacial score (nSPS) is 11.4. The summed E-state index contributed by atoms with van der Waals surface area (Å²) in [5.41, 5.74) is 2.05. The highest BCUT2D eigenvalue weighted by atomic mass is 19.4. The third kappa shape index (κ3) is 3.77. The third-order valence-electron chi connectivity index (χ3n) is 3.57. The van der Waals surface area contributed by atoms with E-state index in [1.807, 2.05) is 0 Å². The van der Waals surface area contributed by atoms with Gasteiger partial charge in [-0.2, -0.15) is 0 Å². The van der Waals surface area contributed by atoms with Crippen molar-refractivity contribution in [3.05, 3.63) is 54.2 Å². The Morgan fingerprint density at radius 1 is 1.00 bits per heavy atom. The zero-order valence-corrected chi connectivity index (χ0v) is 13.6. The molecule has 0 unspecified atom stereocenters. The van der Waals surface area contributed by atoms with Crippen molar-refractivity contribution in [3.63, 3.8) is 0 Å². The van der Waals surface area contributed by atoms with Gasteiger partial charge in [0.25, 0.3) is 0 Å². The number of halogens is 3. The second-order valence-electron chi connectivity index (χ2n) is 5.22. The maximum absolute atomic E-state index is 12.3. The predicted molar refractivity (Wildman–Crippen MR) is 86.0 cm³/mol. The number of methoxy groups -OCH3 is 1. The van der Waals surface area contributed by atoms with Crippen LogP contribution in [0.15, 0.2) is 48.5 Å². The zero-order valence-electron chi connectivity index (χ0n) is 13.6. The van der Waals surface area contributed by atoms with Crippen LogP contribution in [0.5, 0.6) is 11.5 Å². The molecule has 9 heteroatoms. The minimum atomic E-state index is -4.76. The first-order valence-corrected chi connectivity index (χ1v) is 7.47. The van der Waals surface area contributed by atoms with Crippen LogP contribution in [0.4, 0.5) is 13.2 Å². The van der Waals surface area contributed by atoms with Crippen LogP contribution in [0.3, 0.4) is 0 Å². The quantitative estimate of drug-likeness (QED) is 0.751. The Hall–Kier alpha value is -3.07. The van der Waals surface area contributed by atoms with Crippen LogP contribution in [0.2, 0.25) is 0 Å². The molecule has 0 bridgehead atoms. The van der Waals surface area contributed by atoms with Crippen LogP contribution in [-0.4, -0.2) is 33.6 Å². The average molecular weight is 365 g/mol. The molecule has 136 valence electrons. The van der Waals surface area contributed by atoms with Crippen molar-refractivity contribution in [2.45, 2.75) is 13.0 Å². The number of aliphatic hydroxyl groups excluding tert-OH is 1. The fourth-order valence-corrected chi connectivity index (χ4v) is 2.43. The van der Waals surface area contributed by atoms with Gasteiger partial charge in [0.15, 0.2) is 0 Å². The van der Waals surface area contributed by atoms with Crippen molar-refractivity contribution in [2.75, 3.05) is 7.11 Å². The molecule has 0 amide bonds. The molecule has 3 rings (SSSR count). The minimum Gasteiger partial charge on any atom is -0.497 e. The van der Waals surface area contributed by atoms with E-state index in [0.29, 0.717) is 22.8 Å². The molecule has 0 aliphatic rings. The molecule has 1 aromatic heterocycles. The Kier molecular flexibility index (Phi) is 4.81. The Bertz CT molecular complexity index is 875. The number of hydrogen-bond acceptors (Lipinski definition) is 5. The summed E-state index contributed by atoms with van der Waals surface area (Å²) in [4.78, 5) is 0. The summed E-state index contributed by atoms with van der Waals surface area (Å²) in [7, 11) is 1.55. The lowest BCUT2D eigenvalue weighted by atomic mass is 10.1. The van der Waals surface area contributed by atoms with Gasteiger partial charge >= 0.3 is 6.36 Å². The second-order valence-corrected chi connectivity index (χ2v) is 5.22. The van der Waals surface area contributed by atoms with Gasteiger partial charge in [-0.05, 0) is 48.5 Å². The molecular weight excluding hydrogens is 351 g/mol. The highest BCUT2D eigenvalue weighted by Gasteiger charge is 2.31. The van der Waals surface area contributed by atoms with E-state index >= 15 is 0 Å². The maximum Gasteiger partial charge on any atom is 0.573 e. The van der Waals surface area contributed by atoms with Gasteiger partial charge in [0.05, 0.1) is 19.4 Å². The number of nitrogens with zero attached hydrogens (tertiary/aromatic N) is 3. The van der Waals surface area contributed by atoms with Gasteiger partial charge in [-0.15, -0.1) is 18.3 Å². The molecule has 0 aliphatic heterocycles. The Labute approximate surface area is 146 Å². The molecule has 0 saturated carbocycles. The number of aliphatic hydroxyl groups is 1. The van der Waals surface area contributed by atoms with E-state index in [1.54, 1.807) is 31.4 Å². The van der Waals surface area contributed by atoms with Gasteiger partial charge in [0.2, 0.25) is 0 Å². The van der Waals surface area contributed by atoms with Crippen molar-refractivity contribution < 1.29 is 27.8 Å². The van der Waals surface area contributed by atoms with Gasteiger partial charge in [-0.25, -0.2) is 4.68 Å².